The zero-order valence-electron chi connectivity index (χ0n) is 11.9. The molecule has 0 N–H and O–H groups in total. The van der Waals surface area contributed by atoms with Crippen molar-refractivity contribution in [2.45, 2.75) is 32.3 Å². The van der Waals surface area contributed by atoms with Crippen molar-refractivity contribution in [3.05, 3.63) is 23.3 Å². The molecule has 1 rings (SSSR count). The van der Waals surface area contributed by atoms with Crippen molar-refractivity contribution in [1.29, 1.82) is 0 Å². The second-order valence-corrected chi connectivity index (χ2v) is 3.75. The Morgan fingerprint density at radius 1 is 1.06 bits per heavy atom. The lowest BCUT2D eigenvalue weighted by Gasteiger charge is -2.26. The number of benzene rings is 1. The number of methoxy groups -OCH3 is 2. The Bertz CT molecular complexity index is 353. The molecule has 0 saturated carbocycles. The Balaban J connectivity index is 0.00000137. The van der Waals surface area contributed by atoms with Gasteiger partial charge in [0.15, 0.2) is 0 Å². The molecule has 0 amide bonds. The fourth-order valence-electron chi connectivity index (χ4n) is 1.47. The highest BCUT2D eigenvalue weighted by molar-refractivity contribution is 6.43. The van der Waals surface area contributed by atoms with Crippen LogP contribution in [0.25, 0.3) is 0 Å². The van der Waals surface area contributed by atoms with Crippen LogP contribution in [0.1, 0.15) is 25.0 Å². The van der Waals surface area contributed by atoms with Gasteiger partial charge in [-0.15, -0.1) is 0 Å². The Morgan fingerprint density at radius 2 is 1.44 bits per heavy atom. The molecule has 0 bridgehead atoms. The fraction of sp³-hybridized carbons (Fsp3) is 0.538. The van der Waals surface area contributed by atoms with E-state index in [1.807, 2.05) is 20.8 Å². The number of hydrogen-bond acceptors (Lipinski definition) is 2. The quantitative estimate of drug-likeness (QED) is 0.750. The second-order valence-electron chi connectivity index (χ2n) is 3.75. The van der Waals surface area contributed by atoms with Crippen molar-refractivity contribution in [2.24, 2.45) is 0 Å². The van der Waals surface area contributed by atoms with Gasteiger partial charge in [-0.3, -0.25) is 0 Å². The van der Waals surface area contributed by atoms with Gasteiger partial charge in [0, 0.05) is 5.56 Å². The maximum atomic E-state index is 5.88. The van der Waals surface area contributed by atoms with Crippen LogP contribution in [0.3, 0.4) is 0 Å². The van der Waals surface area contributed by atoms with E-state index >= 15 is 0 Å². The van der Waals surface area contributed by atoms with Crippen molar-refractivity contribution in [3.8, 4) is 11.5 Å². The minimum Gasteiger partial charge on any atom is -0.496 e. The lowest BCUT2D eigenvalue weighted by Crippen LogP contribution is -2.26. The van der Waals surface area contributed by atoms with Crippen LogP contribution in [0.2, 0.25) is 6.32 Å². The Hall–Kier alpha value is -0.985. The van der Waals surface area contributed by atoms with Crippen molar-refractivity contribution < 1.29 is 9.47 Å². The lowest BCUT2D eigenvalue weighted by molar-refractivity contribution is 0.387. The number of ether oxygens (including phenoxy) is 2. The zero-order chi connectivity index (χ0) is 14.3. The van der Waals surface area contributed by atoms with E-state index in [4.69, 9.17) is 33.0 Å². The molecule has 0 saturated heterocycles. The van der Waals surface area contributed by atoms with Crippen molar-refractivity contribution in [2.75, 3.05) is 14.2 Å². The molecule has 0 aromatic heterocycles. The molecule has 2 nitrogen and oxygen atoms in total. The summed E-state index contributed by atoms with van der Waals surface area (Å²) in [5, 5.41) is -1.08. The Kier molecular flexibility index (Phi) is 7.04. The van der Waals surface area contributed by atoms with E-state index in [0.29, 0.717) is 17.1 Å². The van der Waals surface area contributed by atoms with E-state index in [9.17, 15) is 0 Å². The third-order valence-corrected chi connectivity index (χ3v) is 2.63. The molecule has 6 radical (unpaired) electrons. The van der Waals surface area contributed by atoms with Crippen LogP contribution >= 0.6 is 0 Å². The minimum absolute atomic E-state index is 0.141. The van der Waals surface area contributed by atoms with E-state index in [2.05, 4.69) is 0 Å². The molecule has 92 valence electrons. The summed E-state index contributed by atoms with van der Waals surface area (Å²) in [7, 11) is 20.5. The summed E-state index contributed by atoms with van der Waals surface area (Å²) in [5.74, 6) is 1.37. The van der Waals surface area contributed by atoms with Gasteiger partial charge in [-0.2, -0.15) is 0 Å². The molecule has 0 unspecified atom stereocenters. The normalized spacial score (nSPS) is 10.3. The highest BCUT2D eigenvalue weighted by atomic mass is 16.5. The number of hydrogen-bond donors (Lipinski definition) is 0. The first kappa shape index (κ1) is 17.0. The van der Waals surface area contributed by atoms with Crippen molar-refractivity contribution in [1.82, 2.24) is 0 Å². The van der Waals surface area contributed by atoms with E-state index in [0.717, 1.165) is 5.56 Å². The van der Waals surface area contributed by atoms with Crippen LogP contribution in [0.5, 0.6) is 11.5 Å². The summed E-state index contributed by atoms with van der Waals surface area (Å²) in [6, 6.07) is 3.56. The summed E-state index contributed by atoms with van der Waals surface area (Å²) in [6.07, 6.45) is 0.141. The third kappa shape index (κ3) is 3.76. The van der Waals surface area contributed by atoms with E-state index in [-0.39, 0.29) is 6.32 Å². The van der Waals surface area contributed by atoms with Gasteiger partial charge in [-0.05, 0) is 19.1 Å². The van der Waals surface area contributed by atoms with Crippen LogP contribution < -0.4 is 9.47 Å². The summed E-state index contributed by atoms with van der Waals surface area (Å²) < 4.78 is 10.5. The predicted molar refractivity (Wildman–Crippen MR) is 79.4 cm³/mol. The first-order valence-corrected chi connectivity index (χ1v) is 5.97. The van der Waals surface area contributed by atoms with Gasteiger partial charge < -0.3 is 9.47 Å². The molecule has 0 fully saturated rings. The van der Waals surface area contributed by atoms with Crippen LogP contribution in [0, 0.1) is 6.92 Å². The average Bonchev–Trinajstić information content (AvgIpc) is 2.41. The molecule has 1 aromatic rings. The van der Waals surface area contributed by atoms with Gasteiger partial charge in [0.2, 0.25) is 0 Å². The van der Waals surface area contributed by atoms with Gasteiger partial charge in [-0.1, -0.05) is 30.9 Å². The van der Waals surface area contributed by atoms with Gasteiger partial charge in [0.25, 0.3) is 0 Å². The maximum Gasteiger partial charge on any atom is 0.125 e. The molecule has 5 heteroatoms. The second kappa shape index (κ2) is 7.45. The molecular formula is C13H19B3O2. The highest BCUT2D eigenvalue weighted by Crippen LogP contribution is 2.33. The van der Waals surface area contributed by atoms with Gasteiger partial charge in [0.05, 0.1) is 37.8 Å². The Morgan fingerprint density at radius 3 is 1.72 bits per heavy atom. The standard InChI is InChI=1S/C11H13B3O2.C2H6/c1-7-9(15-2)4-8(5-10(7)16-3)11(13,14)6-12;1-2/h4-5H,6H2,1-3H3;1-2H3. The predicted octanol–water partition coefficient (Wildman–Crippen LogP) is 2.12. The fourth-order valence-corrected chi connectivity index (χ4v) is 1.47. The molecule has 0 spiro atoms. The highest BCUT2D eigenvalue weighted by Gasteiger charge is 2.20. The van der Waals surface area contributed by atoms with Gasteiger partial charge >= 0.3 is 0 Å². The first-order chi connectivity index (χ1) is 8.46. The van der Waals surface area contributed by atoms with Gasteiger partial charge in [-0.25, -0.2) is 0 Å². The topological polar surface area (TPSA) is 18.5 Å². The van der Waals surface area contributed by atoms with Crippen LogP contribution in [-0.2, 0) is 5.21 Å². The molecule has 0 heterocycles. The molecule has 0 aliphatic rings. The Labute approximate surface area is 115 Å². The van der Waals surface area contributed by atoms with Crippen molar-refractivity contribution in [3.63, 3.8) is 0 Å². The summed E-state index contributed by atoms with van der Waals surface area (Å²) >= 11 is 0. The van der Waals surface area contributed by atoms with E-state index in [1.165, 1.54) is 0 Å². The van der Waals surface area contributed by atoms with E-state index < -0.39 is 5.21 Å². The molecule has 0 aliphatic carbocycles. The lowest BCUT2D eigenvalue weighted by atomic mass is 9.46. The smallest absolute Gasteiger partial charge is 0.125 e. The third-order valence-electron chi connectivity index (χ3n) is 2.63. The maximum absolute atomic E-state index is 5.88. The molecule has 0 aliphatic heterocycles. The van der Waals surface area contributed by atoms with Crippen molar-refractivity contribution >= 4 is 23.5 Å². The summed E-state index contributed by atoms with van der Waals surface area (Å²) in [4.78, 5) is 0. The molecular weight excluding hydrogens is 221 g/mol. The van der Waals surface area contributed by atoms with Crippen LogP contribution in [0.4, 0.5) is 0 Å². The molecule has 18 heavy (non-hydrogen) atoms. The van der Waals surface area contributed by atoms with E-state index in [1.54, 1.807) is 26.4 Å². The number of rotatable bonds is 4. The van der Waals surface area contributed by atoms with Crippen LogP contribution in [-0.4, -0.2) is 37.8 Å². The first-order valence-electron chi connectivity index (χ1n) is 5.97. The summed E-state index contributed by atoms with van der Waals surface area (Å²) in [6.45, 7) is 5.90. The summed E-state index contributed by atoms with van der Waals surface area (Å²) in [5.41, 5.74) is 1.59. The van der Waals surface area contributed by atoms with Gasteiger partial charge in [0.1, 0.15) is 11.5 Å². The molecule has 0 atom stereocenters. The average molecular weight is 240 g/mol. The minimum atomic E-state index is -1.08. The largest absolute Gasteiger partial charge is 0.496 e. The molecule has 1 aromatic carbocycles. The monoisotopic (exact) mass is 240 g/mol. The van der Waals surface area contributed by atoms with Crippen LogP contribution in [0.15, 0.2) is 12.1 Å². The SMILES string of the molecule is CC.[B]CC([B])([B])c1cc(OC)c(C)c(OC)c1. The zero-order valence-corrected chi connectivity index (χ0v) is 11.9.